The number of carbonyl (C=O) groups excluding carboxylic acids is 1. The second-order valence-electron chi connectivity index (χ2n) is 4.71. The van der Waals surface area contributed by atoms with Gasteiger partial charge in [-0.1, -0.05) is 48.2 Å². The van der Waals surface area contributed by atoms with Gasteiger partial charge in [-0.05, 0) is 30.2 Å². The summed E-state index contributed by atoms with van der Waals surface area (Å²) in [5.41, 5.74) is 1.08. The molecule has 0 fully saturated rings. The molecule has 0 spiro atoms. The second kappa shape index (κ2) is 9.12. The van der Waals surface area contributed by atoms with Gasteiger partial charge in [-0.25, -0.2) is 4.79 Å². The molecule has 0 bridgehead atoms. The predicted octanol–water partition coefficient (Wildman–Crippen LogP) is 3.02. The third-order valence-electron chi connectivity index (χ3n) is 3.00. The van der Waals surface area contributed by atoms with E-state index in [1.807, 2.05) is 36.4 Å². The Morgan fingerprint density at radius 3 is 2.50 bits per heavy atom. The molecule has 3 N–H and O–H groups in total. The lowest BCUT2D eigenvalue weighted by Crippen LogP contribution is -2.35. The number of hydrogen-bond acceptors (Lipinski definition) is 3. The first kappa shape index (κ1) is 16.4. The minimum absolute atomic E-state index is 0.0802. The molecule has 2 aromatic carbocycles. The molecule has 2 aromatic rings. The van der Waals surface area contributed by atoms with Crippen molar-refractivity contribution in [2.75, 3.05) is 13.2 Å². The molecule has 0 saturated heterocycles. The Morgan fingerprint density at radius 2 is 1.73 bits per heavy atom. The quantitative estimate of drug-likeness (QED) is 0.688. The van der Waals surface area contributed by atoms with Crippen LogP contribution in [0.5, 0.6) is 0 Å². The summed E-state index contributed by atoms with van der Waals surface area (Å²) in [5, 5.41) is 14.2. The Morgan fingerprint density at radius 1 is 1.00 bits per heavy atom. The topological polar surface area (TPSA) is 61.4 Å². The molecule has 116 valence electrons. The Hall–Kier alpha value is -1.98. The molecule has 0 atom stereocenters. The van der Waals surface area contributed by atoms with E-state index in [4.69, 9.17) is 5.11 Å². The van der Waals surface area contributed by atoms with Gasteiger partial charge in [0.1, 0.15) is 0 Å². The van der Waals surface area contributed by atoms with Crippen molar-refractivity contribution in [3.05, 3.63) is 60.2 Å². The van der Waals surface area contributed by atoms with Gasteiger partial charge in [-0.2, -0.15) is 0 Å². The molecule has 0 unspecified atom stereocenters. The van der Waals surface area contributed by atoms with Gasteiger partial charge in [-0.3, -0.25) is 0 Å². The van der Waals surface area contributed by atoms with Crippen molar-refractivity contribution in [2.24, 2.45) is 0 Å². The van der Waals surface area contributed by atoms with E-state index in [9.17, 15) is 4.79 Å². The van der Waals surface area contributed by atoms with Crippen LogP contribution in [-0.4, -0.2) is 24.3 Å². The number of nitrogens with one attached hydrogen (secondary N) is 2. The third kappa shape index (κ3) is 5.42. The van der Waals surface area contributed by atoms with Gasteiger partial charge in [0.15, 0.2) is 0 Å². The number of aliphatic hydroxyl groups is 1. The van der Waals surface area contributed by atoms with Crippen LogP contribution >= 0.6 is 11.8 Å². The van der Waals surface area contributed by atoms with E-state index in [2.05, 4.69) is 28.8 Å². The molecule has 5 heteroatoms. The maximum atomic E-state index is 11.7. The summed E-state index contributed by atoms with van der Waals surface area (Å²) in [6.07, 6.45) is 0.563. The number of urea groups is 1. The van der Waals surface area contributed by atoms with Gasteiger partial charge in [0.2, 0.25) is 0 Å². The van der Waals surface area contributed by atoms with Crippen LogP contribution in [-0.2, 0) is 6.54 Å². The van der Waals surface area contributed by atoms with Gasteiger partial charge in [0.25, 0.3) is 0 Å². The zero-order chi connectivity index (χ0) is 15.6. The lowest BCUT2D eigenvalue weighted by Gasteiger charge is -2.11. The number of rotatable bonds is 7. The first-order chi connectivity index (χ1) is 10.8. The second-order valence-corrected chi connectivity index (χ2v) is 5.82. The maximum absolute atomic E-state index is 11.7. The highest BCUT2D eigenvalue weighted by Crippen LogP contribution is 2.30. The summed E-state index contributed by atoms with van der Waals surface area (Å²) in [7, 11) is 0. The molecule has 0 aromatic heterocycles. The summed E-state index contributed by atoms with van der Waals surface area (Å²) < 4.78 is 0. The Bertz CT molecular complexity index is 590. The SMILES string of the molecule is O=C(NCCCO)NCc1ccccc1Sc1ccccc1. The fraction of sp³-hybridized carbons (Fsp3) is 0.235. The van der Waals surface area contributed by atoms with Gasteiger partial charge in [-0.15, -0.1) is 0 Å². The van der Waals surface area contributed by atoms with Crippen molar-refractivity contribution < 1.29 is 9.90 Å². The minimum Gasteiger partial charge on any atom is -0.396 e. The van der Waals surface area contributed by atoms with E-state index in [-0.39, 0.29) is 12.6 Å². The normalized spacial score (nSPS) is 10.2. The highest BCUT2D eigenvalue weighted by molar-refractivity contribution is 7.99. The molecule has 2 amide bonds. The highest BCUT2D eigenvalue weighted by atomic mass is 32.2. The monoisotopic (exact) mass is 316 g/mol. The van der Waals surface area contributed by atoms with Gasteiger partial charge in [0.05, 0.1) is 0 Å². The molecular formula is C17H20N2O2S. The molecule has 0 saturated carbocycles. The number of hydrogen-bond donors (Lipinski definition) is 3. The number of aliphatic hydroxyl groups excluding tert-OH is 1. The summed E-state index contributed by atoms with van der Waals surface area (Å²) >= 11 is 1.68. The van der Waals surface area contributed by atoms with Crippen molar-refractivity contribution in [2.45, 2.75) is 22.8 Å². The van der Waals surface area contributed by atoms with Crippen LogP contribution in [0.3, 0.4) is 0 Å². The zero-order valence-corrected chi connectivity index (χ0v) is 13.1. The van der Waals surface area contributed by atoms with E-state index >= 15 is 0 Å². The highest BCUT2D eigenvalue weighted by Gasteiger charge is 2.05. The largest absolute Gasteiger partial charge is 0.396 e. The first-order valence-corrected chi connectivity index (χ1v) is 8.04. The van der Waals surface area contributed by atoms with Crippen LogP contribution < -0.4 is 10.6 Å². The standard InChI is InChI=1S/C17H20N2O2S/c20-12-6-11-18-17(21)19-13-14-7-4-5-10-16(14)22-15-8-2-1-3-9-15/h1-5,7-10,20H,6,11-13H2,(H2,18,19,21). The van der Waals surface area contributed by atoms with Crippen molar-refractivity contribution >= 4 is 17.8 Å². The summed E-state index contributed by atoms with van der Waals surface area (Å²) in [4.78, 5) is 13.9. The fourth-order valence-electron chi connectivity index (χ4n) is 1.88. The van der Waals surface area contributed by atoms with Crippen molar-refractivity contribution in [3.63, 3.8) is 0 Å². The van der Waals surface area contributed by atoms with E-state index in [1.165, 1.54) is 4.90 Å². The number of amides is 2. The van der Waals surface area contributed by atoms with Crippen molar-refractivity contribution in [3.8, 4) is 0 Å². The third-order valence-corrected chi connectivity index (χ3v) is 4.13. The van der Waals surface area contributed by atoms with E-state index < -0.39 is 0 Å². The predicted molar refractivity (Wildman–Crippen MR) is 88.9 cm³/mol. The first-order valence-electron chi connectivity index (χ1n) is 7.23. The van der Waals surface area contributed by atoms with E-state index in [0.29, 0.717) is 19.5 Å². The molecule has 0 radical (unpaired) electrons. The Balaban J connectivity index is 1.92. The van der Waals surface area contributed by atoms with Crippen LogP contribution in [0.2, 0.25) is 0 Å². The molecule has 0 heterocycles. The smallest absolute Gasteiger partial charge is 0.315 e. The summed E-state index contributed by atoms with van der Waals surface area (Å²) in [6, 6.07) is 18.0. The fourth-order valence-corrected chi connectivity index (χ4v) is 2.85. The number of benzene rings is 2. The zero-order valence-electron chi connectivity index (χ0n) is 12.3. The Kier molecular flexibility index (Phi) is 6.80. The van der Waals surface area contributed by atoms with Crippen LogP contribution in [0, 0.1) is 0 Å². The van der Waals surface area contributed by atoms with Crippen LogP contribution in [0.1, 0.15) is 12.0 Å². The lowest BCUT2D eigenvalue weighted by atomic mass is 10.2. The van der Waals surface area contributed by atoms with Crippen LogP contribution in [0.4, 0.5) is 4.79 Å². The molecule has 4 nitrogen and oxygen atoms in total. The average Bonchev–Trinajstić information content (AvgIpc) is 2.55. The summed E-state index contributed by atoms with van der Waals surface area (Å²) in [6.45, 7) is 1.03. The molecule has 0 aliphatic rings. The average molecular weight is 316 g/mol. The molecule has 22 heavy (non-hydrogen) atoms. The van der Waals surface area contributed by atoms with E-state index in [0.717, 1.165) is 10.5 Å². The lowest BCUT2D eigenvalue weighted by molar-refractivity contribution is 0.237. The van der Waals surface area contributed by atoms with Crippen LogP contribution in [0.15, 0.2) is 64.4 Å². The number of carbonyl (C=O) groups is 1. The van der Waals surface area contributed by atoms with Crippen molar-refractivity contribution in [1.29, 1.82) is 0 Å². The van der Waals surface area contributed by atoms with Gasteiger partial charge in [0, 0.05) is 29.5 Å². The molecule has 2 rings (SSSR count). The maximum Gasteiger partial charge on any atom is 0.315 e. The molecule has 0 aliphatic heterocycles. The molecular weight excluding hydrogens is 296 g/mol. The molecule has 0 aliphatic carbocycles. The van der Waals surface area contributed by atoms with Gasteiger partial charge >= 0.3 is 6.03 Å². The Labute approximate surface area is 134 Å². The summed E-state index contributed by atoms with van der Waals surface area (Å²) in [5.74, 6) is 0. The van der Waals surface area contributed by atoms with Crippen molar-refractivity contribution in [1.82, 2.24) is 10.6 Å². The minimum atomic E-state index is -0.215. The van der Waals surface area contributed by atoms with E-state index in [1.54, 1.807) is 11.8 Å². The van der Waals surface area contributed by atoms with Gasteiger partial charge < -0.3 is 15.7 Å². The van der Waals surface area contributed by atoms with Crippen LogP contribution in [0.25, 0.3) is 0 Å².